The molecule has 1 fully saturated rings. The summed E-state index contributed by atoms with van der Waals surface area (Å²) in [4.78, 5) is 25.5. The van der Waals surface area contributed by atoms with E-state index in [4.69, 9.17) is 0 Å². The molecule has 1 saturated carbocycles. The number of carbonyl (C=O) groups excluding carboxylic acids is 2. The van der Waals surface area contributed by atoms with Gasteiger partial charge in [0.15, 0.2) is 0 Å². The number of rotatable bonds is 0. The second kappa shape index (κ2) is 8.11. The van der Waals surface area contributed by atoms with Crippen LogP contribution >= 0.6 is 0 Å². The average molecular weight is 407 g/mol. The van der Waals surface area contributed by atoms with Crippen LogP contribution < -0.4 is 16.0 Å². The molecule has 6 nitrogen and oxygen atoms in total. The van der Waals surface area contributed by atoms with Crippen molar-refractivity contribution >= 4 is 28.9 Å². The molecular weight excluding hydrogens is 376 g/mol. The third-order valence-corrected chi connectivity index (χ3v) is 6.08. The van der Waals surface area contributed by atoms with E-state index in [1.807, 2.05) is 37.9 Å². The number of nitrogens with zero attached hydrogens (tertiary/aromatic N) is 1. The minimum absolute atomic E-state index is 0.0665. The number of hydrogen-bond acceptors (Lipinski definition) is 4. The summed E-state index contributed by atoms with van der Waals surface area (Å²) in [5.41, 5.74) is 6.14. The van der Waals surface area contributed by atoms with Crippen molar-refractivity contribution in [2.24, 2.45) is 0 Å². The highest BCUT2D eigenvalue weighted by Crippen LogP contribution is 2.40. The summed E-state index contributed by atoms with van der Waals surface area (Å²) >= 11 is 0. The first-order valence-electron chi connectivity index (χ1n) is 10.6. The standard InChI is InChI=1S/C13H16N2O.C11H14N2O/c1-9-4-5-10-11(8-9)14-12(16)13(15-10)6-2-3-7-13;1-8-3-4-9-6-13(2)7-11(14)12-10(9)5-8/h4-5,8,15H,2-3,6-7H2,1H3,(H,14,16);3-5H,6-7H2,1-2H3,(H,12,14). The van der Waals surface area contributed by atoms with Gasteiger partial charge < -0.3 is 16.0 Å². The van der Waals surface area contributed by atoms with Gasteiger partial charge in [0.2, 0.25) is 11.8 Å². The van der Waals surface area contributed by atoms with Crippen LogP contribution in [0.4, 0.5) is 17.1 Å². The Balaban J connectivity index is 0.000000147. The fourth-order valence-electron chi connectivity index (χ4n) is 4.48. The maximum Gasteiger partial charge on any atom is 0.250 e. The van der Waals surface area contributed by atoms with Crippen LogP contribution in [-0.2, 0) is 16.1 Å². The van der Waals surface area contributed by atoms with Crippen LogP contribution in [0.5, 0.6) is 0 Å². The van der Waals surface area contributed by atoms with Gasteiger partial charge in [0, 0.05) is 12.2 Å². The molecule has 2 heterocycles. The molecule has 3 N–H and O–H groups in total. The van der Waals surface area contributed by atoms with E-state index in [-0.39, 0.29) is 17.4 Å². The normalized spacial score (nSPS) is 19.4. The molecule has 30 heavy (non-hydrogen) atoms. The number of nitrogens with one attached hydrogen (secondary N) is 3. The molecule has 0 aromatic heterocycles. The van der Waals surface area contributed by atoms with Crippen molar-refractivity contribution < 1.29 is 9.59 Å². The van der Waals surface area contributed by atoms with Crippen molar-refractivity contribution in [3.05, 3.63) is 53.1 Å². The van der Waals surface area contributed by atoms with Crippen molar-refractivity contribution in [3.63, 3.8) is 0 Å². The van der Waals surface area contributed by atoms with Crippen molar-refractivity contribution in [2.45, 2.75) is 51.6 Å². The van der Waals surface area contributed by atoms with Crippen molar-refractivity contribution in [2.75, 3.05) is 29.5 Å². The van der Waals surface area contributed by atoms with Crippen LogP contribution in [0.1, 0.15) is 42.4 Å². The Kier molecular flexibility index (Phi) is 5.52. The molecule has 2 amide bonds. The fourth-order valence-corrected chi connectivity index (χ4v) is 4.48. The lowest BCUT2D eigenvalue weighted by molar-refractivity contribution is -0.120. The Morgan fingerprint density at radius 1 is 0.833 bits per heavy atom. The molecular formula is C24H30N4O2. The number of hydrogen-bond donors (Lipinski definition) is 3. The number of anilines is 3. The van der Waals surface area contributed by atoms with E-state index in [0.717, 1.165) is 49.3 Å². The number of likely N-dealkylation sites (N-methyl/N-ethyl adjacent to an activating group) is 1. The lowest BCUT2D eigenvalue weighted by atomic mass is 9.93. The minimum atomic E-state index is -0.331. The minimum Gasteiger partial charge on any atom is -0.370 e. The molecule has 0 bridgehead atoms. The molecule has 0 atom stereocenters. The fraction of sp³-hybridized carbons (Fsp3) is 0.417. The van der Waals surface area contributed by atoms with E-state index in [0.29, 0.717) is 6.54 Å². The molecule has 5 rings (SSSR count). The first-order valence-corrected chi connectivity index (χ1v) is 10.6. The van der Waals surface area contributed by atoms with Gasteiger partial charge in [-0.05, 0) is 68.6 Å². The Bertz CT molecular complexity index is 979. The molecule has 1 aliphatic carbocycles. The maximum absolute atomic E-state index is 12.1. The third kappa shape index (κ3) is 4.19. The molecule has 2 aromatic carbocycles. The number of fused-ring (bicyclic) bond motifs is 2. The first kappa shape index (κ1) is 20.4. The average Bonchev–Trinajstić information content (AvgIpc) is 3.09. The summed E-state index contributed by atoms with van der Waals surface area (Å²) in [6.45, 7) is 5.36. The number of amides is 2. The number of benzene rings is 2. The van der Waals surface area contributed by atoms with Gasteiger partial charge in [-0.3, -0.25) is 14.5 Å². The summed E-state index contributed by atoms with van der Waals surface area (Å²) in [6, 6.07) is 12.3. The molecule has 3 aliphatic rings. The van der Waals surface area contributed by atoms with E-state index < -0.39 is 0 Å². The van der Waals surface area contributed by atoms with Crippen LogP contribution in [0.3, 0.4) is 0 Å². The summed E-state index contributed by atoms with van der Waals surface area (Å²) in [5, 5.41) is 9.38. The van der Waals surface area contributed by atoms with Crippen molar-refractivity contribution in [1.82, 2.24) is 4.90 Å². The maximum atomic E-state index is 12.1. The zero-order valence-electron chi connectivity index (χ0n) is 18.0. The zero-order valence-corrected chi connectivity index (χ0v) is 18.0. The predicted octanol–water partition coefficient (Wildman–Crippen LogP) is 4.05. The van der Waals surface area contributed by atoms with Crippen LogP contribution in [0.15, 0.2) is 36.4 Å². The second-order valence-electron chi connectivity index (χ2n) is 8.80. The summed E-state index contributed by atoms with van der Waals surface area (Å²) in [5.74, 6) is 0.208. The van der Waals surface area contributed by atoms with Gasteiger partial charge in [-0.2, -0.15) is 0 Å². The quantitative estimate of drug-likeness (QED) is 0.617. The van der Waals surface area contributed by atoms with Crippen molar-refractivity contribution in [3.8, 4) is 0 Å². The molecule has 2 aromatic rings. The third-order valence-electron chi connectivity index (χ3n) is 6.08. The Morgan fingerprint density at radius 2 is 1.50 bits per heavy atom. The highest BCUT2D eigenvalue weighted by Gasteiger charge is 2.43. The lowest BCUT2D eigenvalue weighted by Crippen LogP contribution is -2.50. The van der Waals surface area contributed by atoms with Crippen LogP contribution in [0.2, 0.25) is 0 Å². The first-order chi connectivity index (χ1) is 14.3. The van der Waals surface area contributed by atoms with Gasteiger partial charge >= 0.3 is 0 Å². The number of carbonyl (C=O) groups is 2. The Labute approximate surface area is 178 Å². The lowest BCUT2D eigenvalue weighted by Gasteiger charge is -2.35. The van der Waals surface area contributed by atoms with Gasteiger partial charge in [0.1, 0.15) is 5.54 Å². The molecule has 158 valence electrons. The van der Waals surface area contributed by atoms with E-state index in [1.165, 1.54) is 16.7 Å². The van der Waals surface area contributed by atoms with Crippen LogP contribution in [0, 0.1) is 13.8 Å². The van der Waals surface area contributed by atoms with E-state index in [1.54, 1.807) is 0 Å². The molecule has 0 radical (unpaired) electrons. The molecule has 6 heteroatoms. The molecule has 1 spiro atoms. The zero-order chi connectivity index (χ0) is 21.3. The van der Waals surface area contributed by atoms with Gasteiger partial charge in [0.25, 0.3) is 0 Å². The smallest absolute Gasteiger partial charge is 0.250 e. The van der Waals surface area contributed by atoms with E-state index in [9.17, 15) is 9.59 Å². The van der Waals surface area contributed by atoms with E-state index >= 15 is 0 Å². The second-order valence-corrected chi connectivity index (χ2v) is 8.80. The summed E-state index contributed by atoms with van der Waals surface area (Å²) < 4.78 is 0. The molecule has 0 unspecified atom stereocenters. The summed E-state index contributed by atoms with van der Waals surface area (Å²) in [7, 11) is 1.95. The molecule has 0 saturated heterocycles. The van der Waals surface area contributed by atoms with E-state index in [2.05, 4.69) is 40.2 Å². The van der Waals surface area contributed by atoms with Gasteiger partial charge in [0.05, 0.1) is 17.9 Å². The van der Waals surface area contributed by atoms with Crippen LogP contribution in [0.25, 0.3) is 0 Å². The Hall–Kier alpha value is -2.86. The van der Waals surface area contributed by atoms with Crippen molar-refractivity contribution in [1.29, 1.82) is 0 Å². The highest BCUT2D eigenvalue weighted by atomic mass is 16.2. The topological polar surface area (TPSA) is 73.5 Å². The Morgan fingerprint density at radius 3 is 2.23 bits per heavy atom. The summed E-state index contributed by atoms with van der Waals surface area (Å²) in [6.07, 6.45) is 4.18. The largest absolute Gasteiger partial charge is 0.370 e. The highest BCUT2D eigenvalue weighted by molar-refractivity contribution is 6.06. The monoisotopic (exact) mass is 406 g/mol. The number of aryl methyl sites for hydroxylation is 2. The SMILES string of the molecule is Cc1ccc2c(c1)NC(=O)C1(CCCC1)N2.Cc1ccc2c(c1)NC(=O)CN(C)C2. The van der Waals surface area contributed by atoms with Gasteiger partial charge in [-0.1, -0.05) is 31.0 Å². The molecule has 2 aliphatic heterocycles. The van der Waals surface area contributed by atoms with Crippen LogP contribution in [-0.4, -0.2) is 35.8 Å². The predicted molar refractivity (Wildman–Crippen MR) is 121 cm³/mol. The van der Waals surface area contributed by atoms with Gasteiger partial charge in [-0.15, -0.1) is 0 Å². The van der Waals surface area contributed by atoms with Gasteiger partial charge in [-0.25, -0.2) is 0 Å².